The van der Waals surface area contributed by atoms with Gasteiger partial charge in [0.05, 0.1) is 23.9 Å². The third kappa shape index (κ3) is 5.20. The molecule has 34 heavy (non-hydrogen) atoms. The van der Waals surface area contributed by atoms with Crippen LogP contribution in [-0.2, 0) is 22.6 Å². The third-order valence-corrected chi connectivity index (χ3v) is 7.25. The van der Waals surface area contributed by atoms with Crippen LogP contribution in [0.15, 0.2) is 35.4 Å². The quantitative estimate of drug-likeness (QED) is 0.583. The molecular formula is C25H30N4O4S. The van der Waals surface area contributed by atoms with Gasteiger partial charge in [0.2, 0.25) is 5.91 Å². The SMILES string of the molecule is Cc1sc2ncn(CCC(=O)NCc3ccc(C(=O)N4CC(C)OC(C)C4)cc3)c(=O)c2c1C. The van der Waals surface area contributed by atoms with Crippen molar-refractivity contribution in [2.45, 2.75) is 59.4 Å². The molecule has 1 N–H and O–H groups in total. The first-order valence-corrected chi connectivity index (χ1v) is 12.3. The molecule has 1 aliphatic rings. The Morgan fingerprint density at radius 1 is 1.15 bits per heavy atom. The Balaban J connectivity index is 1.30. The molecule has 9 heteroatoms. The highest BCUT2D eigenvalue weighted by Gasteiger charge is 2.26. The lowest BCUT2D eigenvalue weighted by Crippen LogP contribution is -2.48. The minimum Gasteiger partial charge on any atom is -0.372 e. The summed E-state index contributed by atoms with van der Waals surface area (Å²) >= 11 is 1.51. The van der Waals surface area contributed by atoms with Crippen molar-refractivity contribution in [3.63, 3.8) is 0 Å². The number of carbonyl (C=O) groups is 2. The van der Waals surface area contributed by atoms with Crippen LogP contribution in [0.3, 0.4) is 0 Å². The number of thiophene rings is 1. The van der Waals surface area contributed by atoms with Crippen molar-refractivity contribution in [1.82, 2.24) is 19.8 Å². The average Bonchev–Trinajstić information content (AvgIpc) is 3.10. The number of benzene rings is 1. The van der Waals surface area contributed by atoms with E-state index in [2.05, 4.69) is 10.3 Å². The highest BCUT2D eigenvalue weighted by atomic mass is 32.1. The highest BCUT2D eigenvalue weighted by Crippen LogP contribution is 2.25. The summed E-state index contributed by atoms with van der Waals surface area (Å²) in [7, 11) is 0. The first-order valence-electron chi connectivity index (χ1n) is 11.5. The summed E-state index contributed by atoms with van der Waals surface area (Å²) < 4.78 is 7.19. The zero-order valence-electron chi connectivity index (χ0n) is 20.0. The number of hydrogen-bond acceptors (Lipinski definition) is 6. The molecule has 2 unspecified atom stereocenters. The molecule has 8 nitrogen and oxygen atoms in total. The molecule has 0 radical (unpaired) electrons. The van der Waals surface area contributed by atoms with Gasteiger partial charge in [-0.25, -0.2) is 4.98 Å². The minimum absolute atomic E-state index is 0.00958. The number of ether oxygens (including phenoxy) is 1. The van der Waals surface area contributed by atoms with Crippen LogP contribution in [0.4, 0.5) is 0 Å². The second-order valence-corrected chi connectivity index (χ2v) is 10.1. The van der Waals surface area contributed by atoms with Crippen molar-refractivity contribution >= 4 is 33.4 Å². The van der Waals surface area contributed by atoms with Crippen LogP contribution in [0.1, 0.15) is 46.6 Å². The predicted molar refractivity (Wildman–Crippen MR) is 132 cm³/mol. The number of nitrogens with one attached hydrogen (secondary N) is 1. The van der Waals surface area contributed by atoms with Gasteiger partial charge in [0.25, 0.3) is 11.5 Å². The van der Waals surface area contributed by atoms with E-state index >= 15 is 0 Å². The molecule has 1 saturated heterocycles. The normalized spacial score (nSPS) is 18.3. The van der Waals surface area contributed by atoms with Gasteiger partial charge in [-0.1, -0.05) is 12.1 Å². The molecule has 4 rings (SSSR count). The molecule has 0 aliphatic carbocycles. The molecule has 3 heterocycles. The Kier molecular flexibility index (Phi) is 7.13. The number of amides is 2. The van der Waals surface area contributed by atoms with Gasteiger partial charge in [-0.05, 0) is 51.0 Å². The summed E-state index contributed by atoms with van der Waals surface area (Å²) in [5.74, 6) is -0.161. The van der Waals surface area contributed by atoms with Crippen molar-refractivity contribution in [2.75, 3.05) is 13.1 Å². The molecule has 1 aromatic carbocycles. The summed E-state index contributed by atoms with van der Waals surface area (Å²) in [6.07, 6.45) is 1.74. The Bertz CT molecular complexity index is 1250. The number of carbonyl (C=O) groups excluding carboxylic acids is 2. The number of aryl methyl sites for hydroxylation is 3. The first kappa shape index (κ1) is 24.1. The molecule has 0 spiro atoms. The molecule has 0 saturated carbocycles. The number of hydrogen-bond donors (Lipinski definition) is 1. The van der Waals surface area contributed by atoms with E-state index in [9.17, 15) is 14.4 Å². The van der Waals surface area contributed by atoms with Gasteiger partial charge in [-0.2, -0.15) is 0 Å². The fourth-order valence-electron chi connectivity index (χ4n) is 4.23. The van der Waals surface area contributed by atoms with Crippen molar-refractivity contribution in [1.29, 1.82) is 0 Å². The van der Waals surface area contributed by atoms with Crippen LogP contribution in [0.2, 0.25) is 0 Å². The lowest BCUT2D eigenvalue weighted by molar-refractivity contribution is -0.121. The molecule has 1 fully saturated rings. The lowest BCUT2D eigenvalue weighted by Gasteiger charge is -2.35. The maximum atomic E-state index is 12.8. The van der Waals surface area contributed by atoms with Crippen molar-refractivity contribution in [2.24, 2.45) is 0 Å². The van der Waals surface area contributed by atoms with E-state index in [-0.39, 0.29) is 42.5 Å². The minimum atomic E-state index is -0.151. The van der Waals surface area contributed by atoms with E-state index < -0.39 is 0 Å². The Morgan fingerprint density at radius 2 is 1.82 bits per heavy atom. The van der Waals surface area contributed by atoms with Gasteiger partial charge < -0.3 is 15.0 Å². The number of fused-ring (bicyclic) bond motifs is 1. The second-order valence-electron chi connectivity index (χ2n) is 8.90. The van der Waals surface area contributed by atoms with Crippen LogP contribution < -0.4 is 10.9 Å². The van der Waals surface area contributed by atoms with Gasteiger partial charge in [0.1, 0.15) is 4.83 Å². The zero-order valence-corrected chi connectivity index (χ0v) is 20.8. The monoisotopic (exact) mass is 482 g/mol. The Morgan fingerprint density at radius 3 is 2.50 bits per heavy atom. The van der Waals surface area contributed by atoms with Crippen LogP contribution in [0, 0.1) is 13.8 Å². The van der Waals surface area contributed by atoms with Gasteiger partial charge in [-0.3, -0.25) is 19.0 Å². The first-order chi connectivity index (χ1) is 16.2. The molecule has 3 aromatic rings. The zero-order chi connectivity index (χ0) is 24.4. The van der Waals surface area contributed by atoms with E-state index in [1.165, 1.54) is 22.2 Å². The van der Waals surface area contributed by atoms with Crippen LogP contribution in [-0.4, -0.2) is 51.6 Å². The maximum absolute atomic E-state index is 12.8. The smallest absolute Gasteiger partial charge is 0.262 e. The second kappa shape index (κ2) is 10.1. The number of nitrogens with zero attached hydrogens (tertiary/aromatic N) is 3. The number of aromatic nitrogens is 2. The summed E-state index contributed by atoms with van der Waals surface area (Å²) in [5, 5.41) is 3.52. The summed E-state index contributed by atoms with van der Waals surface area (Å²) in [6, 6.07) is 7.29. The Hall–Kier alpha value is -3.04. The third-order valence-electron chi connectivity index (χ3n) is 6.13. The molecule has 2 amide bonds. The van der Waals surface area contributed by atoms with Crippen LogP contribution in [0.25, 0.3) is 10.2 Å². The van der Waals surface area contributed by atoms with Crippen LogP contribution in [0.5, 0.6) is 0 Å². The van der Waals surface area contributed by atoms with Crippen molar-refractivity contribution in [3.05, 3.63) is 62.5 Å². The standard InChI is InChI=1S/C25H30N4O4S/c1-15-12-29(13-16(2)33-15)24(31)20-7-5-19(6-8-20)11-26-21(30)9-10-28-14-27-23-22(25(28)32)17(3)18(4)34-23/h5-8,14-16H,9-13H2,1-4H3,(H,26,30). The van der Waals surface area contributed by atoms with E-state index in [1.807, 2.05) is 44.7 Å². The summed E-state index contributed by atoms with van der Waals surface area (Å²) in [6.45, 7) is 9.63. The van der Waals surface area contributed by atoms with Crippen LogP contribution >= 0.6 is 11.3 Å². The summed E-state index contributed by atoms with van der Waals surface area (Å²) in [5.41, 5.74) is 2.37. The molecule has 180 valence electrons. The van der Waals surface area contributed by atoms with Gasteiger partial charge >= 0.3 is 0 Å². The van der Waals surface area contributed by atoms with E-state index in [4.69, 9.17) is 4.74 Å². The number of rotatable bonds is 6. The van der Waals surface area contributed by atoms with Gasteiger partial charge in [0.15, 0.2) is 0 Å². The fourth-order valence-corrected chi connectivity index (χ4v) is 5.22. The predicted octanol–water partition coefficient (Wildman–Crippen LogP) is 3.03. The molecule has 2 atom stereocenters. The number of morpholine rings is 1. The van der Waals surface area contributed by atoms with Gasteiger partial charge in [0, 0.05) is 43.0 Å². The summed E-state index contributed by atoms with van der Waals surface area (Å²) in [4.78, 5) is 45.9. The molecular weight excluding hydrogens is 452 g/mol. The van der Waals surface area contributed by atoms with Gasteiger partial charge in [-0.15, -0.1) is 11.3 Å². The molecule has 1 aliphatic heterocycles. The van der Waals surface area contributed by atoms with Crippen molar-refractivity contribution < 1.29 is 14.3 Å². The fraction of sp³-hybridized carbons (Fsp3) is 0.440. The maximum Gasteiger partial charge on any atom is 0.262 e. The molecule has 2 aromatic heterocycles. The highest BCUT2D eigenvalue weighted by molar-refractivity contribution is 7.18. The van der Waals surface area contributed by atoms with E-state index in [0.717, 1.165) is 20.8 Å². The molecule has 0 bridgehead atoms. The van der Waals surface area contributed by atoms with E-state index in [0.29, 0.717) is 30.6 Å². The topological polar surface area (TPSA) is 93.5 Å². The largest absolute Gasteiger partial charge is 0.372 e. The van der Waals surface area contributed by atoms with E-state index in [1.54, 1.807) is 12.1 Å². The Labute approximate surface area is 202 Å². The lowest BCUT2D eigenvalue weighted by atomic mass is 10.1. The average molecular weight is 483 g/mol. The van der Waals surface area contributed by atoms with Crippen molar-refractivity contribution in [3.8, 4) is 0 Å².